The molecule has 1 fully saturated rings. The van der Waals surface area contributed by atoms with E-state index in [0.717, 1.165) is 18.7 Å². The van der Waals surface area contributed by atoms with E-state index in [1.807, 2.05) is 25.2 Å². The Bertz CT molecular complexity index is 1290. The Labute approximate surface area is 213 Å². The average molecular weight is 487 g/mol. The van der Waals surface area contributed by atoms with Gasteiger partial charge in [-0.2, -0.15) is 4.98 Å². The number of benzene rings is 1. The van der Waals surface area contributed by atoms with Crippen LogP contribution in [0.25, 0.3) is 0 Å². The van der Waals surface area contributed by atoms with Crippen LogP contribution in [-0.2, 0) is 11.2 Å². The molecule has 0 bridgehead atoms. The molecule has 4 rings (SSSR count). The molecule has 2 atom stereocenters. The number of nitrogens with zero attached hydrogens (tertiary/aromatic N) is 4. The molecule has 1 saturated heterocycles. The molecule has 0 aliphatic carbocycles. The van der Waals surface area contributed by atoms with Crippen molar-refractivity contribution in [3.63, 3.8) is 0 Å². The van der Waals surface area contributed by atoms with Gasteiger partial charge < -0.3 is 19.8 Å². The highest BCUT2D eigenvalue weighted by Gasteiger charge is 2.55. The molecule has 0 amide bonds. The van der Waals surface area contributed by atoms with E-state index >= 15 is 0 Å². The molecule has 0 spiro atoms. The molecule has 2 aromatic heterocycles. The van der Waals surface area contributed by atoms with Gasteiger partial charge in [0.05, 0.1) is 12.8 Å². The minimum Gasteiger partial charge on any atom is -0.467 e. The van der Waals surface area contributed by atoms with Gasteiger partial charge in [-0.15, -0.1) is 0 Å². The van der Waals surface area contributed by atoms with Gasteiger partial charge >= 0.3 is 6.01 Å². The average Bonchev–Trinajstić information content (AvgIpc) is 2.86. The van der Waals surface area contributed by atoms with Gasteiger partial charge in [-0.1, -0.05) is 56.9 Å². The minimum atomic E-state index is -1.53. The first-order chi connectivity index (χ1) is 17.0. The number of aromatic nitrogens is 3. The maximum Gasteiger partial charge on any atom is 0.316 e. The number of rotatable bonds is 6. The summed E-state index contributed by atoms with van der Waals surface area (Å²) in [5, 5.41) is 23.3. The largest absolute Gasteiger partial charge is 0.467 e. The van der Waals surface area contributed by atoms with E-state index in [0.29, 0.717) is 22.7 Å². The van der Waals surface area contributed by atoms with Crippen molar-refractivity contribution in [3.05, 3.63) is 82.9 Å². The predicted molar refractivity (Wildman–Crippen MR) is 138 cm³/mol. The molecule has 2 unspecified atom stereocenters. The van der Waals surface area contributed by atoms with Crippen molar-refractivity contribution < 1.29 is 14.9 Å². The molecule has 36 heavy (non-hydrogen) atoms. The van der Waals surface area contributed by atoms with E-state index in [9.17, 15) is 10.2 Å². The highest BCUT2D eigenvalue weighted by molar-refractivity contribution is 5.45. The second-order valence-electron chi connectivity index (χ2n) is 10.4. The van der Waals surface area contributed by atoms with E-state index in [4.69, 9.17) is 4.74 Å². The third kappa shape index (κ3) is 4.72. The van der Waals surface area contributed by atoms with Crippen LogP contribution in [0.1, 0.15) is 61.6 Å². The predicted octanol–water partition coefficient (Wildman–Crippen LogP) is 3.45. The van der Waals surface area contributed by atoms with E-state index in [-0.39, 0.29) is 6.01 Å². The first kappa shape index (κ1) is 25.8. The van der Waals surface area contributed by atoms with Crippen molar-refractivity contribution in [3.8, 4) is 17.9 Å². The molecule has 2 N–H and O–H groups in total. The topological polar surface area (TPSA) is 91.6 Å². The maximum absolute atomic E-state index is 12.4. The van der Waals surface area contributed by atoms with Crippen molar-refractivity contribution in [2.45, 2.75) is 44.8 Å². The zero-order valence-electron chi connectivity index (χ0n) is 21.8. The second-order valence-corrected chi connectivity index (χ2v) is 10.4. The van der Waals surface area contributed by atoms with Crippen molar-refractivity contribution >= 4 is 0 Å². The number of hydrogen-bond acceptors (Lipinski definition) is 7. The van der Waals surface area contributed by atoms with Gasteiger partial charge in [0, 0.05) is 48.2 Å². The standard InChI is InChI=1S/C29H34N4O3/c1-20(2)22-7-9-23(10-8-22)29(35,27(3)18-33(5)19-27)24-15-21(16-30-17-24)11-13-28(4,34)25-12-14-31-26(32-25)36-6/h7-10,12,14-17,20,34-35H,18-19H2,1-6H3. The molecule has 7 heteroatoms. The van der Waals surface area contributed by atoms with E-state index in [1.54, 1.807) is 25.4 Å². The monoisotopic (exact) mass is 486 g/mol. The third-order valence-corrected chi connectivity index (χ3v) is 7.03. The molecule has 188 valence electrons. The summed E-state index contributed by atoms with van der Waals surface area (Å²) in [5.41, 5.74) is 0.441. The Balaban J connectivity index is 1.74. The fraction of sp³-hybridized carbons (Fsp3) is 0.414. The summed E-state index contributed by atoms with van der Waals surface area (Å²) in [7, 11) is 3.52. The molecule has 0 radical (unpaired) electrons. The van der Waals surface area contributed by atoms with Crippen molar-refractivity contribution in [2.75, 3.05) is 27.2 Å². The fourth-order valence-corrected chi connectivity index (χ4v) is 5.02. The number of hydrogen-bond donors (Lipinski definition) is 2. The lowest BCUT2D eigenvalue weighted by atomic mass is 9.62. The van der Waals surface area contributed by atoms with Crippen molar-refractivity contribution in [2.24, 2.45) is 5.41 Å². The molecule has 1 aromatic carbocycles. The first-order valence-corrected chi connectivity index (χ1v) is 12.1. The Kier molecular flexibility index (Phi) is 6.89. The van der Waals surface area contributed by atoms with Crippen LogP contribution < -0.4 is 4.74 Å². The van der Waals surface area contributed by atoms with Crippen LogP contribution in [-0.4, -0.2) is 57.3 Å². The summed E-state index contributed by atoms with van der Waals surface area (Å²) >= 11 is 0. The SMILES string of the molecule is COc1nccc(C(C)(O)C#Cc2cncc(C(O)(c3ccc(C(C)C)cc3)C3(C)CN(C)C3)c2)n1. The number of pyridine rings is 1. The van der Waals surface area contributed by atoms with Crippen LogP contribution in [0.2, 0.25) is 0 Å². The number of ether oxygens (including phenoxy) is 1. The molecule has 3 aromatic rings. The summed E-state index contributed by atoms with van der Waals surface area (Å²) < 4.78 is 5.06. The molecular formula is C29H34N4O3. The van der Waals surface area contributed by atoms with Gasteiger partial charge in [0.2, 0.25) is 0 Å². The van der Waals surface area contributed by atoms with Gasteiger partial charge in [0.15, 0.2) is 5.60 Å². The van der Waals surface area contributed by atoms with E-state index in [2.05, 4.69) is 64.6 Å². The summed E-state index contributed by atoms with van der Waals surface area (Å²) in [5.74, 6) is 6.31. The molecule has 7 nitrogen and oxygen atoms in total. The van der Waals surface area contributed by atoms with Gasteiger partial charge in [-0.25, -0.2) is 4.98 Å². The Morgan fingerprint density at radius 1 is 1.08 bits per heavy atom. The van der Waals surface area contributed by atoms with Gasteiger partial charge in [0.25, 0.3) is 0 Å². The zero-order valence-corrected chi connectivity index (χ0v) is 21.8. The Morgan fingerprint density at radius 3 is 2.39 bits per heavy atom. The molecule has 1 aliphatic rings. The second kappa shape index (κ2) is 9.62. The summed E-state index contributed by atoms with van der Waals surface area (Å²) in [4.78, 5) is 14.8. The van der Waals surface area contributed by atoms with Crippen LogP contribution in [0.3, 0.4) is 0 Å². The molecule has 0 saturated carbocycles. The third-order valence-electron chi connectivity index (χ3n) is 7.03. The van der Waals surface area contributed by atoms with Gasteiger partial charge in [-0.3, -0.25) is 4.98 Å². The summed E-state index contributed by atoms with van der Waals surface area (Å²) in [6, 6.07) is 11.8. The number of aliphatic hydroxyl groups is 2. The summed E-state index contributed by atoms with van der Waals surface area (Å²) in [6.45, 7) is 9.47. The highest BCUT2D eigenvalue weighted by atomic mass is 16.5. The van der Waals surface area contributed by atoms with Crippen molar-refractivity contribution in [1.82, 2.24) is 19.9 Å². The van der Waals surface area contributed by atoms with Crippen LogP contribution >= 0.6 is 0 Å². The van der Waals surface area contributed by atoms with Crippen LogP contribution in [0.5, 0.6) is 6.01 Å². The van der Waals surface area contributed by atoms with Crippen LogP contribution in [0, 0.1) is 17.3 Å². The fourth-order valence-electron chi connectivity index (χ4n) is 5.02. The zero-order chi connectivity index (χ0) is 26.1. The lowest BCUT2D eigenvalue weighted by Gasteiger charge is -2.55. The smallest absolute Gasteiger partial charge is 0.316 e. The van der Waals surface area contributed by atoms with Gasteiger partial charge in [-0.05, 0) is 43.1 Å². The minimum absolute atomic E-state index is 0.158. The normalized spacial score (nSPS) is 18.4. The summed E-state index contributed by atoms with van der Waals surface area (Å²) in [6.07, 6.45) is 4.85. The number of likely N-dealkylation sites (tertiary alicyclic amines) is 1. The van der Waals surface area contributed by atoms with Crippen LogP contribution in [0.15, 0.2) is 55.0 Å². The van der Waals surface area contributed by atoms with E-state index in [1.165, 1.54) is 18.9 Å². The van der Waals surface area contributed by atoms with Gasteiger partial charge in [0.1, 0.15) is 5.60 Å². The lowest BCUT2D eigenvalue weighted by molar-refractivity contribution is -0.127. The lowest BCUT2D eigenvalue weighted by Crippen LogP contribution is -2.63. The maximum atomic E-state index is 12.4. The molecule has 3 heterocycles. The Hall–Kier alpha value is -3.31. The molecule has 1 aliphatic heterocycles. The molecular weight excluding hydrogens is 452 g/mol. The quantitative estimate of drug-likeness (QED) is 0.516. The van der Waals surface area contributed by atoms with E-state index < -0.39 is 16.6 Å². The highest BCUT2D eigenvalue weighted by Crippen LogP contribution is 2.50. The number of methoxy groups -OCH3 is 1. The van der Waals surface area contributed by atoms with Crippen LogP contribution in [0.4, 0.5) is 0 Å². The van der Waals surface area contributed by atoms with Crippen molar-refractivity contribution in [1.29, 1.82) is 0 Å². The first-order valence-electron chi connectivity index (χ1n) is 12.1. The Morgan fingerprint density at radius 2 is 1.78 bits per heavy atom.